The average Bonchev–Trinajstić information content (AvgIpc) is 2.34. The fourth-order valence-electron chi connectivity index (χ4n) is 1.85. The van der Waals surface area contributed by atoms with Gasteiger partial charge in [-0.1, -0.05) is 32.1 Å². The second-order valence-corrected chi connectivity index (χ2v) is 4.63. The van der Waals surface area contributed by atoms with Gasteiger partial charge in [0.05, 0.1) is 7.11 Å². The molecule has 0 fully saturated rings. The predicted octanol–water partition coefficient (Wildman–Crippen LogP) is 3.78. The van der Waals surface area contributed by atoms with Crippen molar-refractivity contribution in [2.45, 2.75) is 38.6 Å². The van der Waals surface area contributed by atoms with Gasteiger partial charge < -0.3 is 10.5 Å². The number of ether oxygens (including phenoxy) is 1. The maximum absolute atomic E-state index is 6.20. The van der Waals surface area contributed by atoms with Crippen molar-refractivity contribution in [2.24, 2.45) is 5.73 Å². The molecule has 2 N–H and O–H groups in total. The number of rotatable bonds is 6. The van der Waals surface area contributed by atoms with Crippen LogP contribution in [0, 0.1) is 0 Å². The second kappa shape index (κ2) is 6.45. The van der Waals surface area contributed by atoms with Crippen LogP contribution in [-0.2, 0) is 0 Å². The molecule has 0 amide bonds. The van der Waals surface area contributed by atoms with Crippen LogP contribution >= 0.6 is 0 Å². The van der Waals surface area contributed by atoms with Gasteiger partial charge >= 0.3 is 0 Å². The van der Waals surface area contributed by atoms with Crippen molar-refractivity contribution in [3.63, 3.8) is 0 Å². The van der Waals surface area contributed by atoms with Gasteiger partial charge in [-0.2, -0.15) is 0 Å². The summed E-state index contributed by atoms with van der Waals surface area (Å²) < 4.78 is 5.38. The Balaban J connectivity index is 3.00. The van der Waals surface area contributed by atoms with Gasteiger partial charge in [-0.25, -0.2) is 0 Å². The van der Waals surface area contributed by atoms with Gasteiger partial charge in [0.1, 0.15) is 5.75 Å². The van der Waals surface area contributed by atoms with E-state index in [1.54, 1.807) is 7.11 Å². The van der Waals surface area contributed by atoms with Crippen LogP contribution in [0.3, 0.4) is 0 Å². The quantitative estimate of drug-likeness (QED) is 0.759. The number of benzene rings is 1. The average molecular weight is 233 g/mol. The third-order valence-electron chi connectivity index (χ3n) is 3.00. The van der Waals surface area contributed by atoms with E-state index in [0.717, 1.165) is 24.2 Å². The largest absolute Gasteiger partial charge is 0.496 e. The molecular weight excluding hydrogens is 210 g/mol. The lowest BCUT2D eigenvalue weighted by atomic mass is 9.95. The summed E-state index contributed by atoms with van der Waals surface area (Å²) in [6, 6.07) is 6.30. The summed E-state index contributed by atoms with van der Waals surface area (Å²) in [5.41, 5.74) is 8.60. The van der Waals surface area contributed by atoms with Crippen molar-refractivity contribution >= 4 is 0 Å². The molecule has 0 spiro atoms. The van der Waals surface area contributed by atoms with E-state index in [1.807, 2.05) is 12.1 Å². The van der Waals surface area contributed by atoms with Crippen molar-refractivity contribution in [3.05, 3.63) is 42.0 Å². The normalized spacial score (nSPS) is 12.5. The Morgan fingerprint density at radius 3 is 2.65 bits per heavy atom. The summed E-state index contributed by atoms with van der Waals surface area (Å²) in [5.74, 6) is 1.39. The molecule has 0 aromatic heterocycles. The third-order valence-corrected chi connectivity index (χ3v) is 3.00. The molecule has 0 aliphatic heterocycles. The number of hydrogen-bond acceptors (Lipinski definition) is 2. The van der Waals surface area contributed by atoms with Crippen molar-refractivity contribution in [1.29, 1.82) is 0 Å². The Kier molecular flexibility index (Phi) is 5.23. The number of allylic oxidation sites excluding steroid dienone is 1. The molecule has 0 aliphatic rings. The first-order valence-electron chi connectivity index (χ1n) is 6.14. The van der Waals surface area contributed by atoms with Gasteiger partial charge in [-0.3, -0.25) is 0 Å². The first-order chi connectivity index (χ1) is 8.10. The lowest BCUT2D eigenvalue weighted by Gasteiger charge is -2.17. The molecule has 1 aromatic carbocycles. The summed E-state index contributed by atoms with van der Waals surface area (Å²) in [6.07, 6.45) is 3.73. The van der Waals surface area contributed by atoms with E-state index in [4.69, 9.17) is 10.5 Å². The minimum Gasteiger partial charge on any atom is -0.496 e. The van der Waals surface area contributed by atoms with Gasteiger partial charge in [-0.15, -0.1) is 6.58 Å². The second-order valence-electron chi connectivity index (χ2n) is 4.63. The van der Waals surface area contributed by atoms with E-state index in [1.165, 1.54) is 5.56 Å². The molecule has 0 heterocycles. The minimum atomic E-state index is 0.0154. The molecule has 0 saturated carbocycles. The van der Waals surface area contributed by atoms with E-state index < -0.39 is 0 Å². The van der Waals surface area contributed by atoms with E-state index in [9.17, 15) is 0 Å². The molecule has 0 unspecified atom stereocenters. The molecule has 0 saturated heterocycles. The lowest BCUT2D eigenvalue weighted by molar-refractivity contribution is 0.404. The smallest absolute Gasteiger partial charge is 0.123 e. The number of methoxy groups -OCH3 is 1. The van der Waals surface area contributed by atoms with Gasteiger partial charge in [0, 0.05) is 11.6 Å². The van der Waals surface area contributed by atoms with Crippen LogP contribution in [0.2, 0.25) is 0 Å². The first-order valence-corrected chi connectivity index (χ1v) is 6.14. The van der Waals surface area contributed by atoms with Crippen LogP contribution in [0.15, 0.2) is 30.9 Å². The molecule has 0 radical (unpaired) electrons. The fraction of sp³-hybridized carbons (Fsp3) is 0.467. The monoisotopic (exact) mass is 233 g/mol. The van der Waals surface area contributed by atoms with Crippen LogP contribution in [0.1, 0.15) is 49.8 Å². The topological polar surface area (TPSA) is 35.2 Å². The SMILES string of the molecule is C=CCC[C@H](N)c1cc(C(C)C)ccc1OC. The van der Waals surface area contributed by atoms with Gasteiger partial charge in [0.25, 0.3) is 0 Å². The highest BCUT2D eigenvalue weighted by Gasteiger charge is 2.13. The zero-order valence-corrected chi connectivity index (χ0v) is 11.1. The van der Waals surface area contributed by atoms with Crippen molar-refractivity contribution in [3.8, 4) is 5.75 Å². The minimum absolute atomic E-state index is 0.0154. The highest BCUT2D eigenvalue weighted by Crippen LogP contribution is 2.30. The Labute approximate surface area is 104 Å². The summed E-state index contributed by atoms with van der Waals surface area (Å²) in [6.45, 7) is 8.09. The molecular formula is C15H23NO. The van der Waals surface area contributed by atoms with Crippen LogP contribution in [0.5, 0.6) is 5.75 Å². The number of hydrogen-bond donors (Lipinski definition) is 1. The molecule has 0 aliphatic carbocycles. The van der Waals surface area contributed by atoms with E-state index >= 15 is 0 Å². The fourth-order valence-corrected chi connectivity index (χ4v) is 1.85. The molecule has 1 atom stereocenters. The van der Waals surface area contributed by atoms with E-state index in [2.05, 4.69) is 32.6 Å². The third kappa shape index (κ3) is 3.60. The first kappa shape index (κ1) is 13.8. The van der Waals surface area contributed by atoms with E-state index in [0.29, 0.717) is 5.92 Å². The summed E-state index contributed by atoms with van der Waals surface area (Å²) >= 11 is 0. The van der Waals surface area contributed by atoms with Crippen LogP contribution in [0.4, 0.5) is 0 Å². The molecule has 94 valence electrons. The zero-order valence-electron chi connectivity index (χ0n) is 11.1. The summed E-state index contributed by atoms with van der Waals surface area (Å²) in [7, 11) is 1.69. The predicted molar refractivity (Wildman–Crippen MR) is 73.4 cm³/mol. The molecule has 2 nitrogen and oxygen atoms in total. The van der Waals surface area contributed by atoms with Gasteiger partial charge in [0.15, 0.2) is 0 Å². The van der Waals surface area contributed by atoms with E-state index in [-0.39, 0.29) is 6.04 Å². The molecule has 0 bridgehead atoms. The zero-order chi connectivity index (χ0) is 12.8. The van der Waals surface area contributed by atoms with Crippen LogP contribution in [0.25, 0.3) is 0 Å². The van der Waals surface area contributed by atoms with Crippen molar-refractivity contribution < 1.29 is 4.74 Å². The highest BCUT2D eigenvalue weighted by molar-refractivity contribution is 5.40. The van der Waals surface area contributed by atoms with Gasteiger partial charge in [0.2, 0.25) is 0 Å². The van der Waals surface area contributed by atoms with Crippen LogP contribution in [-0.4, -0.2) is 7.11 Å². The van der Waals surface area contributed by atoms with Crippen molar-refractivity contribution in [1.82, 2.24) is 0 Å². The molecule has 17 heavy (non-hydrogen) atoms. The molecule has 2 heteroatoms. The Bertz CT molecular complexity index is 371. The molecule has 1 aromatic rings. The van der Waals surface area contributed by atoms with Gasteiger partial charge in [-0.05, 0) is 30.4 Å². The Morgan fingerprint density at radius 1 is 1.41 bits per heavy atom. The standard InChI is InChI=1S/C15H23NO/c1-5-6-7-14(16)13-10-12(11(2)3)8-9-15(13)17-4/h5,8-11,14H,1,6-7,16H2,2-4H3/t14-/m0/s1. The molecule has 1 rings (SSSR count). The Morgan fingerprint density at radius 2 is 2.12 bits per heavy atom. The van der Waals surface area contributed by atoms with Crippen molar-refractivity contribution in [2.75, 3.05) is 7.11 Å². The maximum Gasteiger partial charge on any atom is 0.123 e. The maximum atomic E-state index is 6.20. The van der Waals surface area contributed by atoms with Crippen LogP contribution < -0.4 is 10.5 Å². The summed E-state index contributed by atoms with van der Waals surface area (Å²) in [5, 5.41) is 0. The lowest BCUT2D eigenvalue weighted by Crippen LogP contribution is -2.12. The summed E-state index contributed by atoms with van der Waals surface area (Å²) in [4.78, 5) is 0. The highest BCUT2D eigenvalue weighted by atomic mass is 16.5. The number of nitrogens with two attached hydrogens (primary N) is 1. The Hall–Kier alpha value is -1.28.